The van der Waals surface area contributed by atoms with Crippen LogP contribution in [-0.4, -0.2) is 16.2 Å². The largest absolute Gasteiger partial charge is 0.493 e. The number of unbranched alkanes of at least 4 members (excludes halogenated alkanes) is 1. The van der Waals surface area contributed by atoms with Gasteiger partial charge in [0.05, 0.1) is 17.6 Å². The lowest BCUT2D eigenvalue weighted by Gasteiger charge is -2.12. The average Bonchev–Trinajstić information content (AvgIpc) is 3.16. The number of imidazole rings is 1. The Labute approximate surface area is 184 Å². The van der Waals surface area contributed by atoms with E-state index in [4.69, 9.17) is 14.5 Å². The number of rotatable bonds is 10. The molecule has 0 atom stereocenters. The molecule has 0 aliphatic heterocycles. The van der Waals surface area contributed by atoms with Gasteiger partial charge in [0.15, 0.2) is 0 Å². The van der Waals surface area contributed by atoms with Crippen molar-refractivity contribution in [1.29, 1.82) is 0 Å². The molecule has 0 amide bonds. The van der Waals surface area contributed by atoms with Crippen molar-refractivity contribution in [3.63, 3.8) is 0 Å². The first-order valence-electron chi connectivity index (χ1n) is 11.1. The second-order valence-electron chi connectivity index (χ2n) is 7.78. The van der Waals surface area contributed by atoms with Crippen LogP contribution in [0.1, 0.15) is 36.7 Å². The van der Waals surface area contributed by atoms with Crippen molar-refractivity contribution >= 4 is 11.0 Å². The Hall–Kier alpha value is -3.27. The Morgan fingerprint density at radius 2 is 1.61 bits per heavy atom. The second kappa shape index (κ2) is 10.2. The predicted octanol–water partition coefficient (Wildman–Crippen LogP) is 6.35. The number of aromatic nitrogens is 2. The third-order valence-corrected chi connectivity index (χ3v) is 5.56. The van der Waals surface area contributed by atoms with E-state index in [0.29, 0.717) is 13.2 Å². The third-order valence-electron chi connectivity index (χ3n) is 5.56. The summed E-state index contributed by atoms with van der Waals surface area (Å²) in [4.78, 5) is 4.83. The van der Waals surface area contributed by atoms with Crippen molar-refractivity contribution in [2.24, 2.45) is 0 Å². The van der Waals surface area contributed by atoms with Crippen molar-refractivity contribution < 1.29 is 9.47 Å². The summed E-state index contributed by atoms with van der Waals surface area (Å²) in [7, 11) is 0. The van der Waals surface area contributed by atoms with E-state index in [0.717, 1.165) is 54.2 Å². The van der Waals surface area contributed by atoms with Gasteiger partial charge in [0, 0.05) is 6.54 Å². The maximum Gasteiger partial charge on any atom is 0.147 e. The minimum atomic E-state index is 0.458. The lowest BCUT2D eigenvalue weighted by atomic mass is 10.2. The van der Waals surface area contributed by atoms with Crippen LogP contribution in [0.25, 0.3) is 11.0 Å². The van der Waals surface area contributed by atoms with Crippen LogP contribution in [0.2, 0.25) is 0 Å². The molecule has 0 bridgehead atoms. The molecule has 0 fully saturated rings. The number of ether oxygens (including phenoxy) is 2. The smallest absolute Gasteiger partial charge is 0.147 e. The molecule has 4 nitrogen and oxygen atoms in total. The fourth-order valence-electron chi connectivity index (χ4n) is 3.73. The monoisotopic (exact) mass is 414 g/mol. The molecule has 3 aromatic carbocycles. The Bertz CT molecular complexity index is 1120. The Morgan fingerprint density at radius 3 is 2.42 bits per heavy atom. The number of nitrogens with zero attached hydrogens (tertiary/aromatic N) is 2. The van der Waals surface area contributed by atoms with Gasteiger partial charge in [0.25, 0.3) is 0 Å². The van der Waals surface area contributed by atoms with Crippen LogP contribution < -0.4 is 9.47 Å². The first kappa shape index (κ1) is 21.0. The van der Waals surface area contributed by atoms with Gasteiger partial charge in [-0.2, -0.15) is 0 Å². The highest BCUT2D eigenvalue weighted by molar-refractivity contribution is 5.75. The molecule has 0 aliphatic rings. The van der Waals surface area contributed by atoms with Gasteiger partial charge < -0.3 is 14.0 Å². The van der Waals surface area contributed by atoms with Gasteiger partial charge in [0.1, 0.15) is 23.9 Å². The quantitative estimate of drug-likeness (QED) is 0.284. The number of para-hydroxylation sites is 3. The molecule has 1 heterocycles. The van der Waals surface area contributed by atoms with Crippen molar-refractivity contribution in [3.8, 4) is 11.5 Å². The van der Waals surface area contributed by atoms with Gasteiger partial charge in [-0.15, -0.1) is 0 Å². The Balaban J connectivity index is 1.38. The number of hydrogen-bond donors (Lipinski definition) is 0. The van der Waals surface area contributed by atoms with Gasteiger partial charge >= 0.3 is 0 Å². The van der Waals surface area contributed by atoms with Crippen LogP contribution in [0, 0.1) is 6.92 Å². The summed E-state index contributed by atoms with van der Waals surface area (Å²) in [5.74, 6) is 2.81. The fraction of sp³-hybridized carbons (Fsp3) is 0.296. The van der Waals surface area contributed by atoms with Gasteiger partial charge in [-0.3, -0.25) is 0 Å². The van der Waals surface area contributed by atoms with E-state index in [1.165, 1.54) is 11.1 Å². The molecule has 31 heavy (non-hydrogen) atoms. The summed E-state index contributed by atoms with van der Waals surface area (Å²) in [5, 5.41) is 0. The van der Waals surface area contributed by atoms with Crippen LogP contribution in [0.15, 0.2) is 72.8 Å². The van der Waals surface area contributed by atoms with E-state index in [2.05, 4.69) is 54.8 Å². The second-order valence-corrected chi connectivity index (χ2v) is 7.78. The summed E-state index contributed by atoms with van der Waals surface area (Å²) in [6, 6.07) is 24.8. The van der Waals surface area contributed by atoms with E-state index in [9.17, 15) is 0 Å². The molecule has 0 aliphatic carbocycles. The highest BCUT2D eigenvalue weighted by Gasteiger charge is 2.11. The van der Waals surface area contributed by atoms with Gasteiger partial charge in [-0.1, -0.05) is 49.4 Å². The molecule has 0 saturated heterocycles. The minimum absolute atomic E-state index is 0.458. The van der Waals surface area contributed by atoms with Crippen molar-refractivity contribution in [3.05, 3.63) is 89.7 Å². The number of hydrogen-bond acceptors (Lipinski definition) is 3. The maximum atomic E-state index is 6.05. The summed E-state index contributed by atoms with van der Waals surface area (Å²) >= 11 is 0. The molecular weight excluding hydrogens is 384 g/mol. The van der Waals surface area contributed by atoms with E-state index in [1.54, 1.807) is 0 Å². The Morgan fingerprint density at radius 1 is 0.839 bits per heavy atom. The van der Waals surface area contributed by atoms with Crippen LogP contribution >= 0.6 is 0 Å². The van der Waals surface area contributed by atoms with E-state index < -0.39 is 0 Å². The third kappa shape index (κ3) is 5.26. The van der Waals surface area contributed by atoms with E-state index >= 15 is 0 Å². The average molecular weight is 415 g/mol. The highest BCUT2D eigenvalue weighted by Crippen LogP contribution is 2.20. The molecule has 4 aromatic rings. The zero-order chi connectivity index (χ0) is 21.5. The molecule has 0 spiro atoms. The normalized spacial score (nSPS) is 11.0. The van der Waals surface area contributed by atoms with Gasteiger partial charge in [0.2, 0.25) is 0 Å². The van der Waals surface area contributed by atoms with Crippen molar-refractivity contribution in [1.82, 2.24) is 9.55 Å². The van der Waals surface area contributed by atoms with E-state index in [-0.39, 0.29) is 0 Å². The van der Waals surface area contributed by atoms with Crippen molar-refractivity contribution in [2.45, 2.75) is 46.3 Å². The molecule has 0 saturated carbocycles. The van der Waals surface area contributed by atoms with Crippen LogP contribution in [0.5, 0.6) is 11.5 Å². The zero-order valence-corrected chi connectivity index (χ0v) is 18.4. The molecule has 0 radical (unpaired) electrons. The number of fused-ring (bicyclic) bond motifs is 1. The summed E-state index contributed by atoms with van der Waals surface area (Å²) < 4.78 is 14.3. The van der Waals surface area contributed by atoms with Crippen LogP contribution in [-0.2, 0) is 19.6 Å². The summed E-state index contributed by atoms with van der Waals surface area (Å²) in [6.07, 6.45) is 3.04. The van der Waals surface area contributed by atoms with Gasteiger partial charge in [-0.05, 0) is 67.6 Å². The fourth-order valence-corrected chi connectivity index (χ4v) is 3.73. The topological polar surface area (TPSA) is 36.3 Å². The number of aryl methyl sites for hydroxylation is 3. The van der Waals surface area contributed by atoms with Crippen molar-refractivity contribution in [2.75, 3.05) is 6.61 Å². The zero-order valence-electron chi connectivity index (χ0n) is 18.4. The molecule has 1 aromatic heterocycles. The molecule has 0 unspecified atom stereocenters. The molecule has 0 N–H and O–H groups in total. The first-order chi connectivity index (χ1) is 15.2. The van der Waals surface area contributed by atoms with Crippen LogP contribution in [0.3, 0.4) is 0 Å². The van der Waals surface area contributed by atoms with Crippen LogP contribution in [0.4, 0.5) is 0 Å². The standard InChI is InChI=1S/C27H30N2O2/c1-3-22-14-16-23(17-15-22)31-20-27-28-24-11-5-6-12-25(24)29(27)18-8-9-19-30-26-13-7-4-10-21(26)2/h4-7,10-17H,3,8-9,18-20H2,1-2H3. The molecule has 4 heteroatoms. The summed E-state index contributed by atoms with van der Waals surface area (Å²) in [5.41, 5.74) is 4.66. The molecule has 160 valence electrons. The van der Waals surface area contributed by atoms with Gasteiger partial charge in [-0.25, -0.2) is 4.98 Å². The maximum absolute atomic E-state index is 6.05. The molecule has 4 rings (SSSR count). The summed E-state index contributed by atoms with van der Waals surface area (Å²) in [6.45, 7) is 6.30. The first-order valence-corrected chi connectivity index (χ1v) is 11.1. The minimum Gasteiger partial charge on any atom is -0.493 e. The SMILES string of the molecule is CCc1ccc(OCc2nc3ccccc3n2CCCCOc2ccccc2C)cc1. The lowest BCUT2D eigenvalue weighted by Crippen LogP contribution is -2.09. The Kier molecular flexibility index (Phi) is 6.88. The number of benzene rings is 3. The highest BCUT2D eigenvalue weighted by atomic mass is 16.5. The predicted molar refractivity (Wildman–Crippen MR) is 126 cm³/mol. The molecular formula is C27H30N2O2. The van der Waals surface area contributed by atoms with E-state index in [1.807, 2.05) is 36.4 Å². The lowest BCUT2D eigenvalue weighted by molar-refractivity contribution is 0.284.